The number of para-hydroxylation sites is 1. The number of carbonyl (C=O) groups is 1. The van der Waals surface area contributed by atoms with Crippen LogP contribution in [0.4, 0.5) is 0 Å². The zero-order valence-corrected chi connectivity index (χ0v) is 18.7. The molecule has 0 unspecified atom stereocenters. The highest BCUT2D eigenvalue weighted by Crippen LogP contribution is 2.30. The fourth-order valence-electron chi connectivity index (χ4n) is 3.35. The fraction of sp³-hybridized carbons (Fsp3) is 0.250. The molecule has 4 rings (SSSR count). The van der Waals surface area contributed by atoms with Gasteiger partial charge in [-0.2, -0.15) is 0 Å². The molecule has 170 valence electrons. The summed E-state index contributed by atoms with van der Waals surface area (Å²) >= 11 is 0. The van der Waals surface area contributed by atoms with Crippen LogP contribution >= 0.6 is 0 Å². The summed E-state index contributed by atoms with van der Waals surface area (Å²) in [5.74, 6) is 1.19. The Hall–Kier alpha value is -4.14. The molecule has 0 aliphatic heterocycles. The molecule has 0 spiro atoms. The van der Waals surface area contributed by atoms with Crippen molar-refractivity contribution in [3.63, 3.8) is 0 Å². The Labute approximate surface area is 189 Å². The van der Waals surface area contributed by atoms with Gasteiger partial charge in [0, 0.05) is 0 Å². The molecule has 1 atom stereocenters. The summed E-state index contributed by atoms with van der Waals surface area (Å²) in [7, 11) is 1.49. The van der Waals surface area contributed by atoms with E-state index in [1.807, 2.05) is 13.8 Å². The molecule has 0 saturated carbocycles. The number of rotatable bonds is 7. The largest absolute Gasteiger partial charge is 0.493 e. The molecule has 0 fully saturated rings. The SMILES string of the molecule is COc1cc(C(=O)O[C@@H](C)c2nc3ccccc3c(=O)[nH]2)ccc1OCc1c(C)noc1C. The number of carbonyl (C=O) groups excluding carboxylic acids is 1. The minimum atomic E-state index is -0.767. The summed E-state index contributed by atoms with van der Waals surface area (Å²) in [4.78, 5) is 32.1. The number of ether oxygens (including phenoxy) is 3. The molecule has 0 aliphatic carbocycles. The summed E-state index contributed by atoms with van der Waals surface area (Å²) in [5, 5.41) is 4.38. The number of benzene rings is 2. The van der Waals surface area contributed by atoms with Crippen LogP contribution in [0, 0.1) is 13.8 Å². The topological polar surface area (TPSA) is 117 Å². The van der Waals surface area contributed by atoms with E-state index in [0.717, 1.165) is 11.3 Å². The molecular weight excluding hydrogens is 426 g/mol. The third-order valence-corrected chi connectivity index (χ3v) is 5.25. The molecule has 9 heteroatoms. The van der Waals surface area contributed by atoms with Gasteiger partial charge >= 0.3 is 5.97 Å². The van der Waals surface area contributed by atoms with E-state index in [1.165, 1.54) is 13.2 Å². The van der Waals surface area contributed by atoms with Gasteiger partial charge < -0.3 is 23.7 Å². The fourth-order valence-corrected chi connectivity index (χ4v) is 3.35. The van der Waals surface area contributed by atoms with E-state index in [9.17, 15) is 9.59 Å². The van der Waals surface area contributed by atoms with Crippen molar-refractivity contribution in [2.24, 2.45) is 0 Å². The van der Waals surface area contributed by atoms with Crippen LogP contribution in [0.2, 0.25) is 0 Å². The first-order chi connectivity index (χ1) is 15.9. The van der Waals surface area contributed by atoms with Gasteiger partial charge in [0.1, 0.15) is 12.4 Å². The lowest BCUT2D eigenvalue weighted by atomic mass is 10.2. The van der Waals surface area contributed by atoms with Gasteiger partial charge in [0.15, 0.2) is 23.4 Å². The van der Waals surface area contributed by atoms with Gasteiger partial charge in [-0.15, -0.1) is 0 Å². The van der Waals surface area contributed by atoms with E-state index < -0.39 is 12.1 Å². The Morgan fingerprint density at radius 2 is 1.94 bits per heavy atom. The molecular formula is C24H23N3O6. The molecule has 2 aromatic carbocycles. The zero-order valence-electron chi connectivity index (χ0n) is 18.7. The smallest absolute Gasteiger partial charge is 0.338 e. The second kappa shape index (κ2) is 9.15. The van der Waals surface area contributed by atoms with Gasteiger partial charge in [0.2, 0.25) is 0 Å². The lowest BCUT2D eigenvalue weighted by Gasteiger charge is -2.15. The van der Waals surface area contributed by atoms with E-state index in [-0.39, 0.29) is 23.6 Å². The minimum absolute atomic E-state index is 0.249. The molecule has 1 N–H and O–H groups in total. The van der Waals surface area contributed by atoms with E-state index in [0.29, 0.717) is 28.2 Å². The van der Waals surface area contributed by atoms with Crippen molar-refractivity contribution in [2.45, 2.75) is 33.5 Å². The van der Waals surface area contributed by atoms with Crippen molar-refractivity contribution < 1.29 is 23.5 Å². The minimum Gasteiger partial charge on any atom is -0.493 e. The van der Waals surface area contributed by atoms with E-state index in [1.54, 1.807) is 43.3 Å². The summed E-state index contributed by atoms with van der Waals surface area (Å²) in [5.41, 5.74) is 2.11. The Morgan fingerprint density at radius 3 is 2.67 bits per heavy atom. The van der Waals surface area contributed by atoms with E-state index >= 15 is 0 Å². The zero-order chi connectivity index (χ0) is 23.5. The second-order valence-corrected chi connectivity index (χ2v) is 7.47. The molecule has 0 aliphatic rings. The average Bonchev–Trinajstić information content (AvgIpc) is 3.14. The summed E-state index contributed by atoms with van der Waals surface area (Å²) in [6.45, 7) is 5.54. The highest BCUT2D eigenvalue weighted by molar-refractivity contribution is 5.90. The summed E-state index contributed by atoms with van der Waals surface area (Å²) in [6.07, 6.45) is -0.767. The second-order valence-electron chi connectivity index (χ2n) is 7.47. The Bertz CT molecular complexity index is 1350. The first kappa shape index (κ1) is 22.1. The van der Waals surface area contributed by atoms with Crippen LogP contribution in [0.15, 0.2) is 51.8 Å². The van der Waals surface area contributed by atoms with Crippen LogP contribution in [0.3, 0.4) is 0 Å². The third kappa shape index (κ3) is 4.57. The highest BCUT2D eigenvalue weighted by Gasteiger charge is 2.19. The highest BCUT2D eigenvalue weighted by atomic mass is 16.5. The number of fused-ring (bicyclic) bond motifs is 1. The molecule has 33 heavy (non-hydrogen) atoms. The van der Waals surface area contributed by atoms with Crippen LogP contribution in [0.5, 0.6) is 11.5 Å². The molecule has 0 amide bonds. The lowest BCUT2D eigenvalue weighted by molar-refractivity contribution is 0.0319. The quantitative estimate of drug-likeness (QED) is 0.420. The standard InChI is InChI=1S/C24H23N3O6/c1-13-18(14(2)33-27-13)12-31-20-10-9-16(11-21(20)30-4)24(29)32-15(3)22-25-19-8-6-5-7-17(19)23(28)26-22/h5-11,15H,12H2,1-4H3,(H,25,26,28)/t15-/m0/s1. The predicted octanol–water partition coefficient (Wildman–Crippen LogP) is 4.03. The lowest BCUT2D eigenvalue weighted by Crippen LogP contribution is -2.17. The normalized spacial score (nSPS) is 11.9. The van der Waals surface area contributed by atoms with Gasteiger partial charge in [0.05, 0.1) is 34.8 Å². The van der Waals surface area contributed by atoms with Crippen LogP contribution in [0.25, 0.3) is 10.9 Å². The summed E-state index contributed by atoms with van der Waals surface area (Å²) in [6, 6.07) is 11.7. The van der Waals surface area contributed by atoms with Crippen LogP contribution < -0.4 is 15.0 Å². The molecule has 0 radical (unpaired) electrons. The van der Waals surface area contributed by atoms with Gasteiger partial charge in [-0.3, -0.25) is 4.79 Å². The monoisotopic (exact) mass is 449 g/mol. The van der Waals surface area contributed by atoms with Crippen molar-refractivity contribution >= 4 is 16.9 Å². The molecule has 2 aromatic heterocycles. The molecule has 2 heterocycles. The molecule has 0 bridgehead atoms. The molecule has 4 aromatic rings. The number of aryl methyl sites for hydroxylation is 2. The number of nitrogens with one attached hydrogen (secondary N) is 1. The first-order valence-corrected chi connectivity index (χ1v) is 10.3. The van der Waals surface area contributed by atoms with Crippen molar-refractivity contribution in [3.05, 3.63) is 81.2 Å². The number of esters is 1. The first-order valence-electron chi connectivity index (χ1n) is 10.3. The van der Waals surface area contributed by atoms with Crippen molar-refractivity contribution in [1.82, 2.24) is 15.1 Å². The maximum atomic E-state index is 12.7. The van der Waals surface area contributed by atoms with Crippen LogP contribution in [-0.4, -0.2) is 28.2 Å². The number of methoxy groups -OCH3 is 1. The molecule has 9 nitrogen and oxygen atoms in total. The van der Waals surface area contributed by atoms with Crippen molar-refractivity contribution in [1.29, 1.82) is 0 Å². The molecule has 0 saturated heterocycles. The van der Waals surface area contributed by atoms with Gasteiger partial charge in [-0.05, 0) is 51.1 Å². The average molecular weight is 449 g/mol. The van der Waals surface area contributed by atoms with Crippen LogP contribution in [0.1, 0.15) is 46.2 Å². The van der Waals surface area contributed by atoms with Gasteiger partial charge in [-0.1, -0.05) is 17.3 Å². The number of hydrogen-bond donors (Lipinski definition) is 1. The third-order valence-electron chi connectivity index (χ3n) is 5.25. The number of H-pyrrole nitrogens is 1. The maximum absolute atomic E-state index is 12.7. The van der Waals surface area contributed by atoms with Gasteiger partial charge in [0.25, 0.3) is 5.56 Å². The number of aromatic amines is 1. The maximum Gasteiger partial charge on any atom is 0.338 e. The van der Waals surface area contributed by atoms with Gasteiger partial charge in [-0.25, -0.2) is 9.78 Å². The van der Waals surface area contributed by atoms with Crippen LogP contribution in [-0.2, 0) is 11.3 Å². The Kier molecular flexibility index (Phi) is 6.12. The van der Waals surface area contributed by atoms with Crippen molar-refractivity contribution in [3.8, 4) is 11.5 Å². The number of nitrogens with zero attached hydrogens (tertiary/aromatic N) is 2. The Morgan fingerprint density at radius 1 is 1.15 bits per heavy atom. The van der Waals surface area contributed by atoms with E-state index in [4.69, 9.17) is 18.7 Å². The number of aromatic nitrogens is 3. The predicted molar refractivity (Wildman–Crippen MR) is 119 cm³/mol. The number of hydrogen-bond acceptors (Lipinski definition) is 8. The van der Waals surface area contributed by atoms with Crippen molar-refractivity contribution in [2.75, 3.05) is 7.11 Å². The Balaban J connectivity index is 1.49. The summed E-state index contributed by atoms with van der Waals surface area (Å²) < 4.78 is 21.9. The van der Waals surface area contributed by atoms with E-state index in [2.05, 4.69) is 15.1 Å².